The van der Waals surface area contributed by atoms with Gasteiger partial charge in [-0.3, -0.25) is 4.79 Å². The zero-order chi connectivity index (χ0) is 18.0. The SMILES string of the molecule is CCCCC/C=C/C=C/CCCCCCCC(C(N)=O)C(C)CO. The first kappa shape index (κ1) is 22.9. The van der Waals surface area contributed by atoms with E-state index in [0.29, 0.717) is 0 Å². The highest BCUT2D eigenvalue weighted by Gasteiger charge is 2.21. The third-order valence-corrected chi connectivity index (χ3v) is 4.58. The molecule has 140 valence electrons. The minimum Gasteiger partial charge on any atom is -0.396 e. The maximum absolute atomic E-state index is 11.4. The quantitative estimate of drug-likeness (QED) is 0.302. The Morgan fingerprint density at radius 2 is 1.50 bits per heavy atom. The van der Waals surface area contributed by atoms with Gasteiger partial charge in [-0.2, -0.15) is 0 Å². The summed E-state index contributed by atoms with van der Waals surface area (Å²) in [5.74, 6) is -0.478. The summed E-state index contributed by atoms with van der Waals surface area (Å²) in [6.45, 7) is 4.16. The predicted molar refractivity (Wildman–Crippen MR) is 104 cm³/mol. The van der Waals surface area contributed by atoms with Crippen LogP contribution in [0.1, 0.15) is 84.5 Å². The average molecular weight is 338 g/mol. The van der Waals surface area contributed by atoms with Crippen LogP contribution in [0.15, 0.2) is 24.3 Å². The number of nitrogens with two attached hydrogens (primary N) is 1. The van der Waals surface area contributed by atoms with E-state index >= 15 is 0 Å². The molecular formula is C21H39NO2. The van der Waals surface area contributed by atoms with Crippen LogP contribution >= 0.6 is 0 Å². The van der Waals surface area contributed by atoms with Gasteiger partial charge in [-0.15, -0.1) is 0 Å². The summed E-state index contributed by atoms with van der Waals surface area (Å²) in [5.41, 5.74) is 5.40. The highest BCUT2D eigenvalue weighted by Crippen LogP contribution is 2.19. The Bertz CT molecular complexity index is 350. The number of aliphatic hydroxyl groups is 1. The monoisotopic (exact) mass is 337 g/mol. The van der Waals surface area contributed by atoms with Gasteiger partial charge in [0.25, 0.3) is 0 Å². The first-order valence-corrected chi connectivity index (χ1v) is 9.85. The first-order valence-electron chi connectivity index (χ1n) is 9.85. The van der Waals surface area contributed by atoms with Gasteiger partial charge in [-0.05, 0) is 38.0 Å². The minimum atomic E-state index is -0.274. The number of amides is 1. The second kappa shape index (κ2) is 16.8. The van der Waals surface area contributed by atoms with Crippen LogP contribution in [0.4, 0.5) is 0 Å². The summed E-state index contributed by atoms with van der Waals surface area (Å²) >= 11 is 0. The maximum Gasteiger partial charge on any atom is 0.220 e. The maximum atomic E-state index is 11.4. The van der Waals surface area contributed by atoms with Gasteiger partial charge in [-0.1, -0.05) is 76.7 Å². The summed E-state index contributed by atoms with van der Waals surface area (Å²) in [7, 11) is 0. The molecule has 0 fully saturated rings. The van der Waals surface area contributed by atoms with Crippen molar-refractivity contribution in [2.75, 3.05) is 6.61 Å². The van der Waals surface area contributed by atoms with E-state index < -0.39 is 0 Å². The standard InChI is InChI=1S/C21H39NO2/c1-3-4-5-6-7-8-9-10-11-12-13-14-15-16-17-20(21(22)24)19(2)18-23/h7-10,19-20,23H,3-6,11-18H2,1-2H3,(H2,22,24)/b8-7+,10-9+. The lowest BCUT2D eigenvalue weighted by atomic mass is 9.89. The lowest BCUT2D eigenvalue weighted by Crippen LogP contribution is -2.30. The molecule has 0 bridgehead atoms. The second-order valence-corrected chi connectivity index (χ2v) is 6.87. The molecule has 0 saturated heterocycles. The number of hydrogen-bond acceptors (Lipinski definition) is 2. The van der Waals surface area contributed by atoms with E-state index in [1.54, 1.807) is 0 Å². The zero-order valence-electron chi connectivity index (χ0n) is 15.9. The Labute approximate surface area is 149 Å². The second-order valence-electron chi connectivity index (χ2n) is 6.87. The summed E-state index contributed by atoms with van der Waals surface area (Å²) in [5, 5.41) is 9.15. The van der Waals surface area contributed by atoms with Crippen molar-refractivity contribution in [2.24, 2.45) is 17.6 Å². The van der Waals surface area contributed by atoms with E-state index in [0.717, 1.165) is 25.7 Å². The van der Waals surface area contributed by atoms with Crippen molar-refractivity contribution in [1.82, 2.24) is 0 Å². The molecule has 0 saturated carbocycles. The Kier molecular flexibility index (Phi) is 16.0. The molecule has 2 atom stereocenters. The van der Waals surface area contributed by atoms with Crippen LogP contribution in [0.3, 0.4) is 0 Å². The van der Waals surface area contributed by atoms with Crippen LogP contribution in [0, 0.1) is 11.8 Å². The van der Waals surface area contributed by atoms with E-state index in [9.17, 15) is 4.79 Å². The normalized spacial score (nSPS) is 14.5. The molecule has 0 radical (unpaired) electrons. The fraction of sp³-hybridized carbons (Fsp3) is 0.762. The Morgan fingerprint density at radius 3 is 2.04 bits per heavy atom. The Morgan fingerprint density at radius 1 is 0.958 bits per heavy atom. The van der Waals surface area contributed by atoms with Gasteiger partial charge in [0.15, 0.2) is 0 Å². The first-order chi connectivity index (χ1) is 11.6. The number of unbranched alkanes of at least 4 members (excludes halogenated alkanes) is 8. The molecule has 2 unspecified atom stereocenters. The van der Waals surface area contributed by atoms with Crippen molar-refractivity contribution >= 4 is 5.91 Å². The molecule has 0 heterocycles. The van der Waals surface area contributed by atoms with Crippen LogP contribution in [-0.4, -0.2) is 17.6 Å². The highest BCUT2D eigenvalue weighted by molar-refractivity contribution is 5.76. The number of carbonyl (C=O) groups is 1. The van der Waals surface area contributed by atoms with E-state index in [-0.39, 0.29) is 24.3 Å². The van der Waals surface area contributed by atoms with Crippen LogP contribution in [-0.2, 0) is 4.79 Å². The molecule has 24 heavy (non-hydrogen) atoms. The van der Waals surface area contributed by atoms with Crippen LogP contribution < -0.4 is 5.73 Å². The van der Waals surface area contributed by atoms with Crippen molar-refractivity contribution in [1.29, 1.82) is 0 Å². The van der Waals surface area contributed by atoms with Gasteiger partial charge in [0, 0.05) is 12.5 Å². The molecule has 0 aliphatic heterocycles. The molecule has 0 aliphatic rings. The van der Waals surface area contributed by atoms with Gasteiger partial charge in [0.1, 0.15) is 0 Å². The smallest absolute Gasteiger partial charge is 0.220 e. The fourth-order valence-corrected chi connectivity index (χ4v) is 2.85. The lowest BCUT2D eigenvalue weighted by molar-refractivity contribution is -0.124. The molecular weight excluding hydrogens is 298 g/mol. The number of rotatable bonds is 16. The number of carbonyl (C=O) groups excluding carboxylic acids is 1. The lowest BCUT2D eigenvalue weighted by Gasteiger charge is -2.18. The van der Waals surface area contributed by atoms with Gasteiger partial charge in [-0.25, -0.2) is 0 Å². The molecule has 0 aromatic rings. The number of primary amides is 1. The van der Waals surface area contributed by atoms with Crippen molar-refractivity contribution in [3.8, 4) is 0 Å². The molecule has 0 rings (SSSR count). The summed E-state index contributed by atoms with van der Waals surface area (Å²) in [4.78, 5) is 11.4. The molecule has 0 aromatic carbocycles. The predicted octanol–water partition coefficient (Wildman–Crippen LogP) is 5.14. The molecule has 3 N–H and O–H groups in total. The van der Waals surface area contributed by atoms with Crippen molar-refractivity contribution < 1.29 is 9.90 Å². The summed E-state index contributed by atoms with van der Waals surface area (Å²) in [6.07, 6.45) is 21.7. The number of aliphatic hydroxyl groups excluding tert-OH is 1. The molecule has 0 aromatic heterocycles. The summed E-state index contributed by atoms with van der Waals surface area (Å²) in [6, 6.07) is 0. The van der Waals surface area contributed by atoms with E-state index in [4.69, 9.17) is 10.8 Å². The van der Waals surface area contributed by atoms with E-state index in [1.165, 1.54) is 44.9 Å². The van der Waals surface area contributed by atoms with Crippen molar-refractivity contribution in [3.63, 3.8) is 0 Å². The number of allylic oxidation sites excluding steroid dienone is 4. The zero-order valence-corrected chi connectivity index (χ0v) is 15.9. The van der Waals surface area contributed by atoms with Gasteiger partial charge in [0.2, 0.25) is 5.91 Å². The van der Waals surface area contributed by atoms with Gasteiger partial charge < -0.3 is 10.8 Å². The van der Waals surface area contributed by atoms with Gasteiger partial charge >= 0.3 is 0 Å². The molecule has 3 heteroatoms. The summed E-state index contributed by atoms with van der Waals surface area (Å²) < 4.78 is 0. The Balaban J connectivity index is 3.52. The number of hydrogen-bond donors (Lipinski definition) is 2. The molecule has 0 aliphatic carbocycles. The highest BCUT2D eigenvalue weighted by atomic mass is 16.3. The third-order valence-electron chi connectivity index (χ3n) is 4.58. The van der Waals surface area contributed by atoms with E-state index in [1.807, 2.05) is 6.92 Å². The molecule has 3 nitrogen and oxygen atoms in total. The van der Waals surface area contributed by atoms with Crippen molar-refractivity contribution in [2.45, 2.75) is 84.5 Å². The van der Waals surface area contributed by atoms with Crippen LogP contribution in [0.2, 0.25) is 0 Å². The fourth-order valence-electron chi connectivity index (χ4n) is 2.85. The van der Waals surface area contributed by atoms with Gasteiger partial charge in [0.05, 0.1) is 0 Å². The van der Waals surface area contributed by atoms with E-state index in [2.05, 4.69) is 31.2 Å². The molecule has 0 spiro atoms. The van der Waals surface area contributed by atoms with Crippen molar-refractivity contribution in [3.05, 3.63) is 24.3 Å². The Hall–Kier alpha value is -1.09. The minimum absolute atomic E-state index is 0.0253. The average Bonchev–Trinajstić information content (AvgIpc) is 2.57. The van der Waals surface area contributed by atoms with Crippen LogP contribution in [0.5, 0.6) is 0 Å². The molecule has 1 amide bonds. The largest absolute Gasteiger partial charge is 0.396 e. The third kappa shape index (κ3) is 13.4. The van der Waals surface area contributed by atoms with Crippen LogP contribution in [0.25, 0.3) is 0 Å². The topological polar surface area (TPSA) is 63.3 Å².